The Balaban J connectivity index is 2.21. The highest BCUT2D eigenvalue weighted by Gasteiger charge is 2.09. The van der Waals surface area contributed by atoms with Crippen molar-refractivity contribution in [1.82, 2.24) is 4.98 Å². The van der Waals surface area contributed by atoms with Gasteiger partial charge < -0.3 is 5.32 Å². The maximum atomic E-state index is 12.0. The predicted octanol–water partition coefficient (Wildman–Crippen LogP) is 4.51. The number of nitrogens with zero attached hydrogens (tertiary/aromatic N) is 1. The van der Waals surface area contributed by atoms with Crippen LogP contribution in [-0.4, -0.2) is 10.9 Å². The molecule has 1 aromatic carbocycles. The van der Waals surface area contributed by atoms with Crippen molar-refractivity contribution in [3.63, 3.8) is 0 Å². The van der Waals surface area contributed by atoms with Crippen LogP contribution in [0.25, 0.3) is 0 Å². The highest BCUT2D eigenvalue weighted by Crippen LogP contribution is 2.26. The van der Waals surface area contributed by atoms with Crippen molar-refractivity contribution in [2.75, 3.05) is 5.32 Å². The molecular formula is C12H7Br2ClN2O. The van der Waals surface area contributed by atoms with Gasteiger partial charge in [0.2, 0.25) is 0 Å². The first-order valence-electron chi connectivity index (χ1n) is 4.94. The maximum absolute atomic E-state index is 12.0. The van der Waals surface area contributed by atoms with E-state index in [0.29, 0.717) is 20.9 Å². The second-order valence-electron chi connectivity index (χ2n) is 3.45. The molecule has 0 radical (unpaired) electrons. The smallest absolute Gasteiger partial charge is 0.255 e. The molecule has 0 bridgehead atoms. The average Bonchev–Trinajstić information content (AvgIpc) is 2.32. The zero-order valence-electron chi connectivity index (χ0n) is 8.95. The molecule has 6 heteroatoms. The fourth-order valence-corrected chi connectivity index (χ4v) is 2.48. The van der Waals surface area contributed by atoms with Crippen LogP contribution in [0, 0.1) is 0 Å². The van der Waals surface area contributed by atoms with Gasteiger partial charge in [0.05, 0.1) is 5.69 Å². The standard InChI is InChI=1S/C12H7Br2ClN2O/c13-9-6-8(15)1-2-10(9)17-12(18)7-3-4-16-11(14)5-7/h1-6H,(H,17,18). The molecule has 1 N–H and O–H groups in total. The number of halogens is 3. The molecule has 3 nitrogen and oxygen atoms in total. The summed E-state index contributed by atoms with van der Waals surface area (Å²) in [5.74, 6) is -0.207. The summed E-state index contributed by atoms with van der Waals surface area (Å²) in [6, 6.07) is 8.47. The number of anilines is 1. The summed E-state index contributed by atoms with van der Waals surface area (Å²) in [4.78, 5) is 16.0. The van der Waals surface area contributed by atoms with Crippen LogP contribution in [0.15, 0.2) is 45.6 Å². The molecule has 18 heavy (non-hydrogen) atoms. The normalized spacial score (nSPS) is 10.2. The van der Waals surface area contributed by atoms with E-state index in [1.165, 1.54) is 0 Å². The van der Waals surface area contributed by atoms with Gasteiger partial charge in [0.25, 0.3) is 5.91 Å². The number of hydrogen-bond donors (Lipinski definition) is 1. The number of carbonyl (C=O) groups is 1. The Morgan fingerprint density at radius 3 is 2.67 bits per heavy atom. The van der Waals surface area contributed by atoms with Crippen molar-refractivity contribution in [3.05, 3.63) is 56.2 Å². The maximum Gasteiger partial charge on any atom is 0.255 e. The van der Waals surface area contributed by atoms with Crippen LogP contribution < -0.4 is 5.32 Å². The molecular weight excluding hydrogens is 383 g/mol. The second-order valence-corrected chi connectivity index (χ2v) is 5.55. The van der Waals surface area contributed by atoms with Crippen molar-refractivity contribution in [2.45, 2.75) is 0 Å². The van der Waals surface area contributed by atoms with E-state index in [1.54, 1.807) is 36.5 Å². The molecule has 0 unspecified atom stereocenters. The molecule has 0 atom stereocenters. The number of aromatic nitrogens is 1. The van der Waals surface area contributed by atoms with Crippen LogP contribution >= 0.6 is 43.5 Å². The van der Waals surface area contributed by atoms with Crippen molar-refractivity contribution in [1.29, 1.82) is 0 Å². The van der Waals surface area contributed by atoms with Gasteiger partial charge in [0, 0.05) is 21.3 Å². The van der Waals surface area contributed by atoms with E-state index in [-0.39, 0.29) is 5.91 Å². The first-order chi connectivity index (χ1) is 8.56. The molecule has 0 spiro atoms. The zero-order valence-corrected chi connectivity index (χ0v) is 12.9. The number of nitrogens with one attached hydrogen (secondary N) is 1. The SMILES string of the molecule is O=C(Nc1ccc(Cl)cc1Br)c1ccnc(Br)c1. The number of hydrogen-bond acceptors (Lipinski definition) is 2. The monoisotopic (exact) mass is 388 g/mol. The number of benzene rings is 1. The number of rotatable bonds is 2. The van der Waals surface area contributed by atoms with Gasteiger partial charge in [-0.3, -0.25) is 4.79 Å². The van der Waals surface area contributed by atoms with E-state index in [2.05, 4.69) is 42.2 Å². The largest absolute Gasteiger partial charge is 0.321 e. The summed E-state index contributed by atoms with van der Waals surface area (Å²) in [7, 11) is 0. The highest BCUT2D eigenvalue weighted by atomic mass is 79.9. The molecule has 0 saturated heterocycles. The van der Waals surface area contributed by atoms with Gasteiger partial charge in [-0.1, -0.05) is 11.6 Å². The highest BCUT2D eigenvalue weighted by molar-refractivity contribution is 9.10. The molecule has 0 aliphatic carbocycles. The van der Waals surface area contributed by atoms with Crippen LogP contribution in [0.3, 0.4) is 0 Å². The lowest BCUT2D eigenvalue weighted by molar-refractivity contribution is 0.102. The van der Waals surface area contributed by atoms with Crippen molar-refractivity contribution < 1.29 is 4.79 Å². The third kappa shape index (κ3) is 3.31. The molecule has 0 aliphatic heterocycles. The Bertz CT molecular complexity index is 604. The Labute approximate surface area is 126 Å². The summed E-state index contributed by atoms with van der Waals surface area (Å²) in [6.07, 6.45) is 1.57. The summed E-state index contributed by atoms with van der Waals surface area (Å²) in [5.41, 5.74) is 1.19. The molecule has 2 aromatic rings. The third-order valence-corrected chi connectivity index (χ3v) is 3.49. The van der Waals surface area contributed by atoms with E-state index in [4.69, 9.17) is 11.6 Å². The minimum atomic E-state index is -0.207. The molecule has 0 fully saturated rings. The first-order valence-corrected chi connectivity index (χ1v) is 6.90. The van der Waals surface area contributed by atoms with Crippen LogP contribution in [0.5, 0.6) is 0 Å². The van der Waals surface area contributed by atoms with Gasteiger partial charge in [-0.25, -0.2) is 4.98 Å². The zero-order chi connectivity index (χ0) is 13.1. The number of carbonyl (C=O) groups excluding carboxylic acids is 1. The summed E-state index contributed by atoms with van der Waals surface area (Å²) in [6.45, 7) is 0. The minimum absolute atomic E-state index is 0.207. The summed E-state index contributed by atoms with van der Waals surface area (Å²) < 4.78 is 1.35. The topological polar surface area (TPSA) is 42.0 Å². The van der Waals surface area contributed by atoms with Crippen molar-refractivity contribution in [2.24, 2.45) is 0 Å². The van der Waals surface area contributed by atoms with Crippen LogP contribution in [0.1, 0.15) is 10.4 Å². The third-order valence-electron chi connectivity index (χ3n) is 2.17. The lowest BCUT2D eigenvalue weighted by atomic mass is 10.2. The molecule has 0 aliphatic rings. The summed E-state index contributed by atoms with van der Waals surface area (Å²) in [5, 5.41) is 3.39. The van der Waals surface area contributed by atoms with Gasteiger partial charge >= 0.3 is 0 Å². The fourth-order valence-electron chi connectivity index (χ4n) is 1.33. The van der Waals surface area contributed by atoms with Gasteiger partial charge in [0.15, 0.2) is 0 Å². The molecule has 0 saturated carbocycles. The minimum Gasteiger partial charge on any atom is -0.321 e. The lowest BCUT2D eigenvalue weighted by Crippen LogP contribution is -2.12. The number of amides is 1. The predicted molar refractivity (Wildman–Crippen MR) is 79.0 cm³/mol. The van der Waals surface area contributed by atoms with E-state index in [0.717, 1.165) is 4.47 Å². The van der Waals surface area contributed by atoms with Crippen molar-refractivity contribution >= 4 is 55.1 Å². The molecule has 1 heterocycles. The molecule has 1 amide bonds. The van der Waals surface area contributed by atoms with E-state index >= 15 is 0 Å². The van der Waals surface area contributed by atoms with Gasteiger partial charge in [-0.2, -0.15) is 0 Å². The number of pyridine rings is 1. The van der Waals surface area contributed by atoms with E-state index in [1.807, 2.05) is 0 Å². The van der Waals surface area contributed by atoms with E-state index < -0.39 is 0 Å². The Morgan fingerprint density at radius 1 is 1.22 bits per heavy atom. The molecule has 92 valence electrons. The van der Waals surface area contributed by atoms with Crippen LogP contribution in [0.4, 0.5) is 5.69 Å². The Morgan fingerprint density at radius 2 is 2.00 bits per heavy atom. The lowest BCUT2D eigenvalue weighted by Gasteiger charge is -2.07. The van der Waals surface area contributed by atoms with E-state index in [9.17, 15) is 4.79 Å². The van der Waals surface area contributed by atoms with Crippen molar-refractivity contribution in [3.8, 4) is 0 Å². The summed E-state index contributed by atoms with van der Waals surface area (Å²) >= 11 is 12.4. The second kappa shape index (κ2) is 5.82. The Hall–Kier alpha value is -0.910. The Kier molecular flexibility index (Phi) is 4.37. The van der Waals surface area contributed by atoms with Gasteiger partial charge in [0.1, 0.15) is 4.60 Å². The molecule has 2 rings (SSSR count). The molecule has 1 aromatic heterocycles. The first kappa shape index (κ1) is 13.5. The van der Waals surface area contributed by atoms with Gasteiger partial charge in [-0.05, 0) is 62.2 Å². The quantitative estimate of drug-likeness (QED) is 0.767. The van der Waals surface area contributed by atoms with Crippen LogP contribution in [0.2, 0.25) is 5.02 Å². The fraction of sp³-hybridized carbons (Fsp3) is 0. The average molecular weight is 390 g/mol. The van der Waals surface area contributed by atoms with Crippen LogP contribution in [-0.2, 0) is 0 Å². The van der Waals surface area contributed by atoms with Gasteiger partial charge in [-0.15, -0.1) is 0 Å².